The van der Waals surface area contributed by atoms with E-state index in [-0.39, 0.29) is 6.07 Å². The zero-order valence-electron chi connectivity index (χ0n) is 9.62. The second-order valence-electron chi connectivity index (χ2n) is 3.62. The molecule has 0 fully saturated rings. The van der Waals surface area contributed by atoms with E-state index in [9.17, 15) is 27.2 Å². The van der Waals surface area contributed by atoms with Crippen LogP contribution in [0.5, 0.6) is 0 Å². The van der Waals surface area contributed by atoms with Crippen molar-refractivity contribution >= 4 is 11.9 Å². The van der Waals surface area contributed by atoms with Gasteiger partial charge >= 0.3 is 12.1 Å². The van der Waals surface area contributed by atoms with Gasteiger partial charge in [0.25, 0.3) is 5.91 Å². The summed E-state index contributed by atoms with van der Waals surface area (Å²) in [6, 6.07) is 1.62. The van der Waals surface area contributed by atoms with Gasteiger partial charge in [0.05, 0.1) is 5.56 Å². The molecule has 1 aromatic carbocycles. The summed E-state index contributed by atoms with van der Waals surface area (Å²) >= 11 is 0. The second-order valence-corrected chi connectivity index (χ2v) is 3.62. The Morgan fingerprint density at radius 1 is 1.32 bits per heavy atom. The quantitative estimate of drug-likeness (QED) is 0.679. The highest BCUT2D eigenvalue weighted by molar-refractivity contribution is 5.83. The third-order valence-electron chi connectivity index (χ3n) is 2.15. The smallest absolute Gasteiger partial charge is 0.416 e. The minimum absolute atomic E-state index is 0.203. The van der Waals surface area contributed by atoms with E-state index in [1.807, 2.05) is 0 Å². The van der Waals surface area contributed by atoms with Crippen LogP contribution in [0, 0.1) is 5.82 Å². The van der Waals surface area contributed by atoms with E-state index in [4.69, 9.17) is 5.73 Å². The van der Waals surface area contributed by atoms with Gasteiger partial charge in [0.1, 0.15) is 5.82 Å². The summed E-state index contributed by atoms with van der Waals surface area (Å²) in [7, 11) is 0. The molecule has 0 aromatic heterocycles. The molecule has 1 amide bonds. The fourth-order valence-corrected chi connectivity index (χ4v) is 1.44. The zero-order valence-corrected chi connectivity index (χ0v) is 9.62. The average Bonchev–Trinajstić information content (AvgIpc) is 2.24. The topological polar surface area (TPSA) is 69.4 Å². The number of ether oxygens (including phenoxy) is 1. The molecule has 8 heteroatoms. The number of esters is 1. The van der Waals surface area contributed by atoms with Crippen LogP contribution in [0.2, 0.25) is 0 Å². The number of carbonyl (C=O) groups is 2. The largest absolute Gasteiger partial charge is 0.447 e. The van der Waals surface area contributed by atoms with Gasteiger partial charge in [0.15, 0.2) is 0 Å². The average molecular weight is 279 g/mol. The van der Waals surface area contributed by atoms with E-state index < -0.39 is 41.1 Å². The van der Waals surface area contributed by atoms with Crippen LogP contribution in [0.15, 0.2) is 18.2 Å². The predicted molar refractivity (Wildman–Crippen MR) is 55.1 cm³/mol. The lowest BCUT2D eigenvalue weighted by atomic mass is 10.0. The maximum atomic E-state index is 12.9. The van der Waals surface area contributed by atoms with Crippen molar-refractivity contribution < 1.29 is 31.9 Å². The van der Waals surface area contributed by atoms with Crippen LogP contribution in [0.3, 0.4) is 0 Å². The number of hydrogen-bond acceptors (Lipinski definition) is 3. The molecule has 0 bridgehead atoms. The molecular weight excluding hydrogens is 270 g/mol. The number of amides is 1. The van der Waals surface area contributed by atoms with Gasteiger partial charge in [-0.15, -0.1) is 0 Å². The van der Waals surface area contributed by atoms with Gasteiger partial charge in [0, 0.05) is 12.5 Å². The molecule has 1 aromatic rings. The Morgan fingerprint density at radius 3 is 2.32 bits per heavy atom. The number of alkyl halides is 3. The summed E-state index contributed by atoms with van der Waals surface area (Å²) in [5.74, 6) is -3.41. The maximum Gasteiger partial charge on any atom is 0.416 e. The molecular formula is C11H9F4NO3. The molecule has 0 aliphatic carbocycles. The van der Waals surface area contributed by atoms with Gasteiger partial charge in [-0.25, -0.2) is 4.39 Å². The fourth-order valence-electron chi connectivity index (χ4n) is 1.44. The summed E-state index contributed by atoms with van der Waals surface area (Å²) < 4.78 is 55.5. The molecule has 1 rings (SSSR count). The first-order chi connectivity index (χ1) is 8.62. The van der Waals surface area contributed by atoms with E-state index in [2.05, 4.69) is 4.74 Å². The van der Waals surface area contributed by atoms with Crippen molar-refractivity contribution in [3.8, 4) is 0 Å². The summed E-state index contributed by atoms with van der Waals surface area (Å²) in [6.07, 6.45) is -6.83. The number of nitrogens with two attached hydrogens (primary N) is 1. The van der Waals surface area contributed by atoms with E-state index in [1.54, 1.807) is 0 Å². The molecule has 19 heavy (non-hydrogen) atoms. The molecule has 0 aliphatic heterocycles. The van der Waals surface area contributed by atoms with Gasteiger partial charge in [-0.2, -0.15) is 13.2 Å². The Balaban J connectivity index is 3.38. The zero-order chi connectivity index (χ0) is 14.8. The van der Waals surface area contributed by atoms with E-state index in [1.165, 1.54) is 0 Å². The molecule has 2 N–H and O–H groups in total. The lowest BCUT2D eigenvalue weighted by molar-refractivity contribution is -0.155. The van der Waals surface area contributed by atoms with Crippen molar-refractivity contribution in [1.29, 1.82) is 0 Å². The highest BCUT2D eigenvalue weighted by Gasteiger charge is 2.38. The molecule has 0 spiro atoms. The predicted octanol–water partition coefficient (Wildman–Crippen LogP) is 1.93. The number of primary amides is 1. The molecule has 0 aliphatic rings. The monoisotopic (exact) mass is 279 g/mol. The highest BCUT2D eigenvalue weighted by atomic mass is 19.4. The lowest BCUT2D eigenvalue weighted by Gasteiger charge is -2.19. The van der Waals surface area contributed by atoms with Crippen molar-refractivity contribution in [2.75, 3.05) is 0 Å². The lowest BCUT2D eigenvalue weighted by Crippen LogP contribution is -2.27. The van der Waals surface area contributed by atoms with Gasteiger partial charge in [-0.1, -0.05) is 6.07 Å². The van der Waals surface area contributed by atoms with E-state index >= 15 is 0 Å². The third-order valence-corrected chi connectivity index (χ3v) is 2.15. The molecule has 1 unspecified atom stereocenters. The molecule has 0 heterocycles. The molecule has 0 radical (unpaired) electrons. The Labute approximate surface area is 105 Å². The van der Waals surface area contributed by atoms with Gasteiger partial charge in [0.2, 0.25) is 6.10 Å². The third kappa shape index (κ3) is 3.67. The molecule has 1 atom stereocenters. The second kappa shape index (κ2) is 5.25. The van der Waals surface area contributed by atoms with Crippen LogP contribution in [0.4, 0.5) is 17.6 Å². The van der Waals surface area contributed by atoms with E-state index in [0.29, 0.717) is 12.1 Å². The number of rotatable bonds is 3. The van der Waals surface area contributed by atoms with Crippen molar-refractivity contribution in [3.05, 3.63) is 35.1 Å². The van der Waals surface area contributed by atoms with E-state index in [0.717, 1.165) is 6.92 Å². The molecule has 104 valence electrons. The van der Waals surface area contributed by atoms with Crippen molar-refractivity contribution in [2.24, 2.45) is 5.73 Å². The molecule has 0 saturated carbocycles. The normalized spacial score (nSPS) is 12.9. The summed E-state index contributed by atoms with van der Waals surface area (Å²) in [6.45, 7) is 0.909. The first-order valence-electron chi connectivity index (χ1n) is 4.96. The maximum absolute atomic E-state index is 12.9. The number of benzene rings is 1. The van der Waals surface area contributed by atoms with Crippen molar-refractivity contribution in [2.45, 2.75) is 19.2 Å². The van der Waals surface area contributed by atoms with Crippen LogP contribution >= 0.6 is 0 Å². The SMILES string of the molecule is CC(=O)OC(C(N)=O)c1ccc(F)cc1C(F)(F)F. The van der Waals surface area contributed by atoms with Crippen molar-refractivity contribution in [1.82, 2.24) is 0 Å². The van der Waals surface area contributed by atoms with Crippen LogP contribution in [0.1, 0.15) is 24.2 Å². The van der Waals surface area contributed by atoms with Crippen molar-refractivity contribution in [3.63, 3.8) is 0 Å². The Morgan fingerprint density at radius 2 is 1.89 bits per heavy atom. The first kappa shape index (κ1) is 14.9. The molecule has 4 nitrogen and oxygen atoms in total. The Kier molecular flexibility index (Phi) is 4.13. The van der Waals surface area contributed by atoms with Gasteiger partial charge < -0.3 is 10.5 Å². The number of hydrogen-bond donors (Lipinski definition) is 1. The van der Waals surface area contributed by atoms with Crippen LogP contribution < -0.4 is 5.73 Å². The standard InChI is InChI=1S/C11H9F4NO3/c1-5(17)19-9(10(16)18)7-3-2-6(12)4-8(7)11(13,14)15/h2-4,9H,1H3,(H2,16,18). The molecule has 0 saturated heterocycles. The first-order valence-corrected chi connectivity index (χ1v) is 4.96. The summed E-state index contributed by atoms with van der Waals surface area (Å²) in [5.41, 5.74) is 2.76. The van der Waals surface area contributed by atoms with Crippen LogP contribution in [-0.4, -0.2) is 11.9 Å². The Bertz CT molecular complexity index is 513. The highest BCUT2D eigenvalue weighted by Crippen LogP contribution is 2.36. The summed E-state index contributed by atoms with van der Waals surface area (Å²) in [5, 5.41) is 0. The summed E-state index contributed by atoms with van der Waals surface area (Å²) in [4.78, 5) is 21.9. The van der Waals surface area contributed by atoms with Gasteiger partial charge in [-0.05, 0) is 12.1 Å². The number of halogens is 4. The Hall–Kier alpha value is -2.12. The van der Waals surface area contributed by atoms with Crippen LogP contribution in [0.25, 0.3) is 0 Å². The number of carbonyl (C=O) groups excluding carboxylic acids is 2. The minimum atomic E-state index is -4.91. The minimum Gasteiger partial charge on any atom is -0.447 e. The van der Waals surface area contributed by atoms with Gasteiger partial charge in [-0.3, -0.25) is 9.59 Å². The fraction of sp³-hybridized carbons (Fsp3) is 0.273. The van der Waals surface area contributed by atoms with Crippen LogP contribution in [-0.2, 0) is 20.5 Å².